The van der Waals surface area contributed by atoms with E-state index in [4.69, 9.17) is 4.74 Å². The minimum atomic E-state index is -0.495. The van der Waals surface area contributed by atoms with Gasteiger partial charge in [0.15, 0.2) is 0 Å². The molecule has 1 amide bonds. The molecule has 0 heterocycles. The third kappa shape index (κ3) is 3.47. The fourth-order valence-corrected chi connectivity index (χ4v) is 2.29. The van der Waals surface area contributed by atoms with E-state index < -0.39 is 5.60 Å². The first kappa shape index (κ1) is 15.0. The van der Waals surface area contributed by atoms with E-state index in [9.17, 15) is 9.59 Å². The van der Waals surface area contributed by atoms with Crippen molar-refractivity contribution >= 4 is 11.9 Å². The molecule has 1 rings (SSSR count). The summed E-state index contributed by atoms with van der Waals surface area (Å²) >= 11 is 0. The zero-order valence-electron chi connectivity index (χ0n) is 12.2. The van der Waals surface area contributed by atoms with Crippen molar-refractivity contribution in [3.63, 3.8) is 0 Å². The summed E-state index contributed by atoms with van der Waals surface area (Å²) in [4.78, 5) is 25.0. The standard InChI is InChI=1S/C14H25NO3/c1-6-7-8-14(9-11(16)10-14)15(5)12(17)18-13(2,3)4/h6-10H2,1-5H3. The number of Topliss-reactive ketones (excluding diaryl/α,β-unsaturated/α-hetero) is 1. The molecule has 0 bridgehead atoms. The Bertz CT molecular complexity index is 322. The Labute approximate surface area is 110 Å². The monoisotopic (exact) mass is 255 g/mol. The van der Waals surface area contributed by atoms with E-state index in [0.717, 1.165) is 19.3 Å². The van der Waals surface area contributed by atoms with Gasteiger partial charge in [-0.1, -0.05) is 19.8 Å². The summed E-state index contributed by atoms with van der Waals surface area (Å²) in [6.45, 7) is 7.66. The highest BCUT2D eigenvalue weighted by Crippen LogP contribution is 2.39. The first-order chi connectivity index (χ1) is 8.20. The van der Waals surface area contributed by atoms with Gasteiger partial charge in [0.05, 0.1) is 5.54 Å². The van der Waals surface area contributed by atoms with Crippen LogP contribution in [0.3, 0.4) is 0 Å². The lowest BCUT2D eigenvalue weighted by Gasteiger charge is -2.47. The molecule has 0 unspecified atom stereocenters. The Kier molecular flexibility index (Phi) is 4.41. The van der Waals surface area contributed by atoms with E-state index in [0.29, 0.717) is 12.8 Å². The normalized spacial score (nSPS) is 18.2. The number of rotatable bonds is 4. The molecule has 0 aromatic rings. The average molecular weight is 255 g/mol. The molecule has 0 saturated heterocycles. The van der Waals surface area contributed by atoms with Crippen molar-refractivity contribution in [1.29, 1.82) is 0 Å². The van der Waals surface area contributed by atoms with Crippen molar-refractivity contribution in [2.24, 2.45) is 0 Å². The maximum Gasteiger partial charge on any atom is 0.410 e. The van der Waals surface area contributed by atoms with Crippen LogP contribution in [0.25, 0.3) is 0 Å². The number of ether oxygens (including phenoxy) is 1. The van der Waals surface area contributed by atoms with Gasteiger partial charge in [-0.05, 0) is 27.2 Å². The van der Waals surface area contributed by atoms with Crippen molar-refractivity contribution in [3.8, 4) is 0 Å². The molecule has 1 aliphatic rings. The largest absolute Gasteiger partial charge is 0.444 e. The van der Waals surface area contributed by atoms with Gasteiger partial charge in [0.1, 0.15) is 11.4 Å². The van der Waals surface area contributed by atoms with Crippen LogP contribution in [0.1, 0.15) is 59.8 Å². The van der Waals surface area contributed by atoms with Gasteiger partial charge in [-0.2, -0.15) is 0 Å². The van der Waals surface area contributed by atoms with Gasteiger partial charge < -0.3 is 9.64 Å². The van der Waals surface area contributed by atoms with Gasteiger partial charge >= 0.3 is 6.09 Å². The number of hydrogen-bond acceptors (Lipinski definition) is 3. The zero-order chi connectivity index (χ0) is 14.0. The van der Waals surface area contributed by atoms with Crippen LogP contribution < -0.4 is 0 Å². The molecule has 4 heteroatoms. The number of nitrogens with zero attached hydrogens (tertiary/aromatic N) is 1. The number of unbranched alkanes of at least 4 members (excludes halogenated alkanes) is 1. The molecule has 18 heavy (non-hydrogen) atoms. The van der Waals surface area contributed by atoms with Gasteiger partial charge in [-0.15, -0.1) is 0 Å². The Morgan fingerprint density at radius 1 is 1.39 bits per heavy atom. The average Bonchev–Trinajstić information content (AvgIpc) is 2.19. The summed E-state index contributed by atoms with van der Waals surface area (Å²) in [5, 5.41) is 0. The topological polar surface area (TPSA) is 46.6 Å². The minimum Gasteiger partial charge on any atom is -0.444 e. The molecule has 0 radical (unpaired) electrons. The van der Waals surface area contributed by atoms with E-state index in [2.05, 4.69) is 6.92 Å². The Balaban J connectivity index is 2.68. The predicted molar refractivity (Wildman–Crippen MR) is 70.5 cm³/mol. The zero-order valence-corrected chi connectivity index (χ0v) is 12.2. The molecule has 0 aromatic carbocycles. The SMILES string of the molecule is CCCCC1(N(C)C(=O)OC(C)(C)C)CC(=O)C1. The van der Waals surface area contributed by atoms with Gasteiger partial charge in [-0.25, -0.2) is 4.79 Å². The summed E-state index contributed by atoms with van der Waals surface area (Å²) in [6, 6.07) is 0. The van der Waals surface area contributed by atoms with Crippen molar-refractivity contribution in [2.45, 2.75) is 70.9 Å². The van der Waals surface area contributed by atoms with Crippen LogP contribution in [0, 0.1) is 0 Å². The smallest absolute Gasteiger partial charge is 0.410 e. The quantitative estimate of drug-likeness (QED) is 0.775. The lowest BCUT2D eigenvalue weighted by molar-refractivity contribution is -0.134. The second-order valence-corrected chi connectivity index (χ2v) is 6.26. The molecule has 0 spiro atoms. The van der Waals surface area contributed by atoms with E-state index in [-0.39, 0.29) is 17.4 Å². The van der Waals surface area contributed by atoms with Crippen LogP contribution in [-0.2, 0) is 9.53 Å². The molecule has 104 valence electrons. The van der Waals surface area contributed by atoms with Crippen molar-refractivity contribution in [1.82, 2.24) is 4.90 Å². The third-order valence-electron chi connectivity index (χ3n) is 3.43. The lowest BCUT2D eigenvalue weighted by Crippen LogP contribution is -2.59. The Hall–Kier alpha value is -1.06. The molecule has 0 atom stereocenters. The molecule has 1 fully saturated rings. The van der Waals surface area contributed by atoms with Gasteiger partial charge in [-0.3, -0.25) is 4.79 Å². The summed E-state index contributed by atoms with van der Waals surface area (Å²) in [5.41, 5.74) is -0.791. The van der Waals surface area contributed by atoms with Gasteiger partial charge in [0, 0.05) is 19.9 Å². The fraction of sp³-hybridized carbons (Fsp3) is 0.857. The maximum atomic E-state index is 12.1. The van der Waals surface area contributed by atoms with Gasteiger partial charge in [0.2, 0.25) is 0 Å². The van der Waals surface area contributed by atoms with Crippen LogP contribution in [0.5, 0.6) is 0 Å². The summed E-state index contributed by atoms with van der Waals surface area (Å²) in [5.74, 6) is 0.238. The van der Waals surface area contributed by atoms with Crippen molar-refractivity contribution < 1.29 is 14.3 Å². The van der Waals surface area contributed by atoms with E-state index >= 15 is 0 Å². The third-order valence-corrected chi connectivity index (χ3v) is 3.43. The summed E-state index contributed by atoms with van der Waals surface area (Å²) in [6.07, 6.45) is 3.60. The molecular weight excluding hydrogens is 230 g/mol. The summed E-state index contributed by atoms with van der Waals surface area (Å²) in [7, 11) is 1.75. The molecule has 4 nitrogen and oxygen atoms in total. The first-order valence-corrected chi connectivity index (χ1v) is 6.69. The van der Waals surface area contributed by atoms with E-state index in [1.807, 2.05) is 20.8 Å². The van der Waals surface area contributed by atoms with Crippen LogP contribution in [0.2, 0.25) is 0 Å². The minimum absolute atomic E-state index is 0.238. The molecule has 0 N–H and O–H groups in total. The lowest BCUT2D eigenvalue weighted by atomic mass is 9.71. The summed E-state index contributed by atoms with van der Waals surface area (Å²) < 4.78 is 5.37. The van der Waals surface area contributed by atoms with Crippen LogP contribution >= 0.6 is 0 Å². The fourth-order valence-electron chi connectivity index (χ4n) is 2.29. The number of carbonyl (C=O) groups is 2. The molecule has 1 aliphatic carbocycles. The second-order valence-electron chi connectivity index (χ2n) is 6.26. The number of ketones is 1. The number of amides is 1. The van der Waals surface area contributed by atoms with E-state index in [1.165, 1.54) is 0 Å². The van der Waals surface area contributed by atoms with Crippen LogP contribution in [0.15, 0.2) is 0 Å². The van der Waals surface area contributed by atoms with Crippen LogP contribution in [-0.4, -0.2) is 35.0 Å². The Morgan fingerprint density at radius 2 is 1.94 bits per heavy atom. The molecule has 0 aliphatic heterocycles. The van der Waals surface area contributed by atoms with Crippen LogP contribution in [0.4, 0.5) is 4.79 Å². The first-order valence-electron chi connectivity index (χ1n) is 6.69. The molecular formula is C14H25NO3. The molecule has 1 saturated carbocycles. The van der Waals surface area contributed by atoms with Crippen molar-refractivity contribution in [3.05, 3.63) is 0 Å². The molecule has 0 aromatic heterocycles. The van der Waals surface area contributed by atoms with Crippen molar-refractivity contribution in [2.75, 3.05) is 7.05 Å². The Morgan fingerprint density at radius 3 is 2.33 bits per heavy atom. The highest BCUT2D eigenvalue weighted by Gasteiger charge is 2.48. The predicted octanol–water partition coefficient (Wildman–Crippen LogP) is 3.15. The maximum absolute atomic E-state index is 12.1. The number of hydrogen-bond donors (Lipinski definition) is 0. The van der Waals surface area contributed by atoms with Gasteiger partial charge in [0.25, 0.3) is 0 Å². The highest BCUT2D eigenvalue weighted by atomic mass is 16.6. The highest BCUT2D eigenvalue weighted by molar-refractivity contribution is 5.89. The second kappa shape index (κ2) is 5.29. The van der Waals surface area contributed by atoms with E-state index in [1.54, 1.807) is 11.9 Å². The number of carbonyl (C=O) groups excluding carboxylic acids is 2.